The monoisotopic (exact) mass is 182 g/mol. The van der Waals surface area contributed by atoms with Crippen LogP contribution in [0.4, 0.5) is 4.39 Å². The molecule has 0 unspecified atom stereocenters. The molecule has 0 fully saturated rings. The van der Waals surface area contributed by atoms with Crippen LogP contribution in [0.5, 0.6) is 5.75 Å². The maximum absolute atomic E-state index is 13.0. The van der Waals surface area contributed by atoms with Gasteiger partial charge in [-0.3, -0.25) is 0 Å². The minimum Gasteiger partial charge on any atom is -0.508 e. The number of aromatic hydroxyl groups is 1. The summed E-state index contributed by atoms with van der Waals surface area (Å²) in [6.45, 7) is 1.72. The second-order valence-corrected chi connectivity index (χ2v) is 3.68. The minimum absolute atomic E-state index is 0.171. The molecule has 2 aromatic rings. The Morgan fingerprint density at radius 3 is 2.92 bits per heavy atom. The zero-order valence-electron chi connectivity index (χ0n) is 6.47. The molecule has 3 heteroatoms. The zero-order valence-corrected chi connectivity index (χ0v) is 7.28. The van der Waals surface area contributed by atoms with E-state index in [2.05, 4.69) is 0 Å². The topological polar surface area (TPSA) is 20.2 Å². The van der Waals surface area contributed by atoms with Crippen LogP contribution in [0.25, 0.3) is 10.1 Å². The lowest BCUT2D eigenvalue weighted by Crippen LogP contribution is -1.70. The highest BCUT2D eigenvalue weighted by atomic mass is 32.1. The van der Waals surface area contributed by atoms with Gasteiger partial charge in [-0.2, -0.15) is 4.39 Å². The number of phenolic OH excluding ortho intramolecular Hbond substituents is 1. The molecule has 0 spiro atoms. The Morgan fingerprint density at radius 2 is 2.17 bits per heavy atom. The van der Waals surface area contributed by atoms with Crippen molar-refractivity contribution in [3.63, 3.8) is 0 Å². The van der Waals surface area contributed by atoms with Crippen molar-refractivity contribution in [2.24, 2.45) is 0 Å². The third kappa shape index (κ3) is 0.975. The highest BCUT2D eigenvalue weighted by molar-refractivity contribution is 7.17. The molecule has 0 aliphatic rings. The molecular formula is C9H7FOS. The molecule has 0 aliphatic heterocycles. The summed E-state index contributed by atoms with van der Waals surface area (Å²) in [5.74, 6) is 0.184. The second kappa shape index (κ2) is 2.45. The van der Waals surface area contributed by atoms with Crippen LogP contribution in [-0.2, 0) is 0 Å². The number of hydrogen-bond acceptors (Lipinski definition) is 2. The quantitative estimate of drug-likeness (QED) is 0.663. The van der Waals surface area contributed by atoms with Gasteiger partial charge in [0.1, 0.15) is 5.75 Å². The molecule has 62 valence electrons. The highest BCUT2D eigenvalue weighted by Gasteiger charge is 2.07. The van der Waals surface area contributed by atoms with Crippen LogP contribution in [0, 0.1) is 12.1 Å². The molecule has 0 aliphatic carbocycles. The van der Waals surface area contributed by atoms with Gasteiger partial charge in [-0.05, 0) is 25.1 Å². The normalized spacial score (nSPS) is 10.8. The average Bonchev–Trinajstić information content (AvgIpc) is 2.31. The number of halogens is 1. The van der Waals surface area contributed by atoms with Crippen molar-refractivity contribution in [2.45, 2.75) is 6.92 Å². The molecule has 0 saturated carbocycles. The van der Waals surface area contributed by atoms with Crippen molar-refractivity contribution in [1.82, 2.24) is 0 Å². The molecule has 1 nitrogen and oxygen atoms in total. The average molecular weight is 182 g/mol. The van der Waals surface area contributed by atoms with Crippen molar-refractivity contribution < 1.29 is 9.50 Å². The van der Waals surface area contributed by atoms with E-state index >= 15 is 0 Å². The SMILES string of the molecule is Cc1c(F)sc2ccc(O)cc12. The zero-order chi connectivity index (χ0) is 8.72. The highest BCUT2D eigenvalue weighted by Crippen LogP contribution is 2.31. The first-order chi connectivity index (χ1) is 5.68. The predicted molar refractivity (Wildman–Crippen MR) is 48.2 cm³/mol. The predicted octanol–water partition coefficient (Wildman–Crippen LogP) is 3.05. The minimum atomic E-state index is -0.171. The Labute approximate surface area is 73.1 Å². The van der Waals surface area contributed by atoms with Crippen LogP contribution in [0.1, 0.15) is 5.56 Å². The molecule has 1 aromatic carbocycles. The van der Waals surface area contributed by atoms with Crippen LogP contribution in [0.3, 0.4) is 0 Å². The molecule has 0 saturated heterocycles. The maximum Gasteiger partial charge on any atom is 0.180 e. The lowest BCUT2D eigenvalue weighted by atomic mass is 10.2. The van der Waals surface area contributed by atoms with E-state index in [1.165, 1.54) is 0 Å². The maximum atomic E-state index is 13.0. The van der Waals surface area contributed by atoms with Gasteiger partial charge in [0.05, 0.1) is 0 Å². The van der Waals surface area contributed by atoms with Gasteiger partial charge in [-0.1, -0.05) is 0 Å². The second-order valence-electron chi connectivity index (χ2n) is 2.68. The Kier molecular flexibility index (Phi) is 1.54. The van der Waals surface area contributed by atoms with Crippen molar-refractivity contribution >= 4 is 21.4 Å². The summed E-state index contributed by atoms with van der Waals surface area (Å²) in [7, 11) is 0. The standard InChI is InChI=1S/C9H7FOS/c1-5-7-4-6(11)2-3-8(7)12-9(5)10/h2-4,11H,1H3. The summed E-state index contributed by atoms with van der Waals surface area (Å²) >= 11 is 1.11. The molecular weight excluding hydrogens is 175 g/mol. The number of fused-ring (bicyclic) bond motifs is 1. The largest absolute Gasteiger partial charge is 0.508 e. The molecule has 0 atom stereocenters. The van der Waals surface area contributed by atoms with E-state index in [1.807, 2.05) is 0 Å². The van der Waals surface area contributed by atoms with E-state index in [0.29, 0.717) is 5.56 Å². The van der Waals surface area contributed by atoms with E-state index in [-0.39, 0.29) is 10.9 Å². The Balaban J connectivity index is 2.88. The van der Waals surface area contributed by atoms with E-state index < -0.39 is 0 Å². The van der Waals surface area contributed by atoms with Gasteiger partial charge >= 0.3 is 0 Å². The molecule has 1 aromatic heterocycles. The Morgan fingerprint density at radius 1 is 1.42 bits per heavy atom. The molecule has 2 rings (SSSR count). The van der Waals surface area contributed by atoms with Crippen LogP contribution in [0.2, 0.25) is 0 Å². The number of phenols is 1. The number of thiophene rings is 1. The first-order valence-electron chi connectivity index (χ1n) is 3.56. The summed E-state index contributed by atoms with van der Waals surface area (Å²) in [6.07, 6.45) is 0. The molecule has 0 bridgehead atoms. The van der Waals surface area contributed by atoms with Crippen LogP contribution >= 0.6 is 11.3 Å². The van der Waals surface area contributed by atoms with Gasteiger partial charge in [0.25, 0.3) is 0 Å². The van der Waals surface area contributed by atoms with E-state index in [9.17, 15) is 4.39 Å². The fraction of sp³-hybridized carbons (Fsp3) is 0.111. The molecule has 0 radical (unpaired) electrons. The van der Waals surface area contributed by atoms with Gasteiger partial charge < -0.3 is 5.11 Å². The number of hydrogen-bond donors (Lipinski definition) is 1. The van der Waals surface area contributed by atoms with Crippen molar-refractivity contribution in [3.8, 4) is 5.75 Å². The summed E-state index contributed by atoms with van der Waals surface area (Å²) in [5, 5.41) is 9.78. The van der Waals surface area contributed by atoms with Crippen molar-refractivity contribution in [1.29, 1.82) is 0 Å². The van der Waals surface area contributed by atoms with E-state index in [1.54, 1.807) is 25.1 Å². The third-order valence-electron chi connectivity index (χ3n) is 1.86. The molecule has 0 amide bonds. The van der Waals surface area contributed by atoms with Crippen LogP contribution in [-0.4, -0.2) is 5.11 Å². The summed E-state index contributed by atoms with van der Waals surface area (Å²) in [6, 6.07) is 4.88. The lowest BCUT2D eigenvalue weighted by molar-refractivity contribution is 0.476. The van der Waals surface area contributed by atoms with Crippen LogP contribution in [0.15, 0.2) is 18.2 Å². The molecule has 1 heterocycles. The lowest BCUT2D eigenvalue weighted by Gasteiger charge is -1.91. The van der Waals surface area contributed by atoms with Gasteiger partial charge in [0.15, 0.2) is 5.13 Å². The number of benzene rings is 1. The smallest absolute Gasteiger partial charge is 0.180 e. The summed E-state index contributed by atoms with van der Waals surface area (Å²) in [4.78, 5) is 0. The van der Waals surface area contributed by atoms with Gasteiger partial charge in [0, 0.05) is 15.6 Å². The first kappa shape index (κ1) is 7.55. The number of rotatable bonds is 0. The Hall–Kier alpha value is -1.09. The van der Waals surface area contributed by atoms with Gasteiger partial charge in [-0.15, -0.1) is 11.3 Å². The van der Waals surface area contributed by atoms with E-state index in [0.717, 1.165) is 21.4 Å². The van der Waals surface area contributed by atoms with Crippen molar-refractivity contribution in [3.05, 3.63) is 28.9 Å². The van der Waals surface area contributed by atoms with Crippen molar-refractivity contribution in [2.75, 3.05) is 0 Å². The number of aryl methyl sites for hydroxylation is 1. The fourth-order valence-electron chi connectivity index (χ4n) is 1.18. The van der Waals surface area contributed by atoms with Gasteiger partial charge in [0.2, 0.25) is 0 Å². The molecule has 1 N–H and O–H groups in total. The summed E-state index contributed by atoms with van der Waals surface area (Å²) < 4.78 is 13.9. The van der Waals surface area contributed by atoms with Crippen LogP contribution < -0.4 is 0 Å². The third-order valence-corrected chi connectivity index (χ3v) is 2.92. The van der Waals surface area contributed by atoms with Gasteiger partial charge in [-0.25, -0.2) is 0 Å². The Bertz CT molecular complexity index is 433. The first-order valence-corrected chi connectivity index (χ1v) is 4.38. The summed E-state index contributed by atoms with van der Waals surface area (Å²) in [5.41, 5.74) is 0.617. The fourth-order valence-corrected chi connectivity index (χ4v) is 2.09. The molecule has 12 heavy (non-hydrogen) atoms. The van der Waals surface area contributed by atoms with E-state index in [4.69, 9.17) is 5.11 Å².